The van der Waals surface area contributed by atoms with Crippen LogP contribution < -0.4 is 5.32 Å². The fraction of sp³-hybridized carbons (Fsp3) is 0.824. The van der Waals surface area contributed by atoms with Crippen LogP contribution in [-0.2, 0) is 19.4 Å². The Kier molecular flexibility index (Phi) is 7.22. The molecule has 21 heavy (non-hydrogen) atoms. The minimum atomic E-state index is 0.256. The van der Waals surface area contributed by atoms with Gasteiger partial charge in [-0.05, 0) is 38.0 Å². The molecule has 0 radical (unpaired) electrons. The lowest BCUT2D eigenvalue weighted by atomic mass is 9.77. The van der Waals surface area contributed by atoms with Gasteiger partial charge in [-0.1, -0.05) is 46.2 Å². The Balaban J connectivity index is 3.05. The third kappa shape index (κ3) is 4.46. The van der Waals surface area contributed by atoms with E-state index in [9.17, 15) is 0 Å². The number of nitrogens with one attached hydrogen (secondary N) is 1. The molecule has 0 aliphatic heterocycles. The summed E-state index contributed by atoms with van der Waals surface area (Å²) in [6.45, 7) is 15.1. The molecule has 0 saturated carbocycles. The molecule has 0 aromatic carbocycles. The van der Waals surface area contributed by atoms with Crippen molar-refractivity contribution < 1.29 is 0 Å². The van der Waals surface area contributed by atoms with Crippen molar-refractivity contribution in [2.75, 3.05) is 6.54 Å². The first-order chi connectivity index (χ1) is 9.92. The molecule has 0 spiro atoms. The van der Waals surface area contributed by atoms with Crippen molar-refractivity contribution in [1.29, 1.82) is 0 Å². The van der Waals surface area contributed by atoms with Gasteiger partial charge in [0.05, 0.1) is 16.4 Å². The topological polar surface area (TPSA) is 29.9 Å². The van der Waals surface area contributed by atoms with Gasteiger partial charge in [0.2, 0.25) is 0 Å². The SMILES string of the molecule is CCc1nn(CC)c(CC(CC)(CC)CNC(C)C)c1Cl. The molecule has 0 bridgehead atoms. The van der Waals surface area contributed by atoms with Gasteiger partial charge in [0.15, 0.2) is 0 Å². The normalized spacial score (nSPS) is 12.4. The Labute approximate surface area is 135 Å². The van der Waals surface area contributed by atoms with Crippen molar-refractivity contribution in [3.05, 3.63) is 16.4 Å². The summed E-state index contributed by atoms with van der Waals surface area (Å²) in [5.41, 5.74) is 2.50. The lowest BCUT2D eigenvalue weighted by Gasteiger charge is -2.33. The Morgan fingerprint density at radius 2 is 1.81 bits per heavy atom. The van der Waals surface area contributed by atoms with Crippen LogP contribution in [0.3, 0.4) is 0 Å². The zero-order valence-electron chi connectivity index (χ0n) is 14.6. The van der Waals surface area contributed by atoms with E-state index in [1.165, 1.54) is 5.69 Å². The molecular formula is C17H32ClN3. The average molecular weight is 314 g/mol. The number of aromatic nitrogens is 2. The molecule has 0 aliphatic carbocycles. The van der Waals surface area contributed by atoms with Gasteiger partial charge < -0.3 is 5.32 Å². The van der Waals surface area contributed by atoms with E-state index in [1.54, 1.807) is 0 Å². The first kappa shape index (κ1) is 18.5. The molecule has 1 aromatic rings. The Morgan fingerprint density at radius 3 is 2.24 bits per heavy atom. The zero-order valence-corrected chi connectivity index (χ0v) is 15.3. The highest BCUT2D eigenvalue weighted by Gasteiger charge is 2.30. The predicted molar refractivity (Wildman–Crippen MR) is 92.1 cm³/mol. The molecule has 1 heterocycles. The highest BCUT2D eigenvalue weighted by molar-refractivity contribution is 6.31. The fourth-order valence-electron chi connectivity index (χ4n) is 2.77. The summed E-state index contributed by atoms with van der Waals surface area (Å²) in [7, 11) is 0. The van der Waals surface area contributed by atoms with E-state index < -0.39 is 0 Å². The highest BCUT2D eigenvalue weighted by Crippen LogP contribution is 2.34. The fourth-order valence-corrected chi connectivity index (χ4v) is 3.11. The van der Waals surface area contributed by atoms with Crippen LogP contribution in [-0.4, -0.2) is 22.4 Å². The van der Waals surface area contributed by atoms with Gasteiger partial charge in [0, 0.05) is 19.1 Å². The second kappa shape index (κ2) is 8.19. The number of aryl methyl sites for hydroxylation is 2. The molecule has 1 aromatic heterocycles. The Hall–Kier alpha value is -0.540. The van der Waals surface area contributed by atoms with Gasteiger partial charge in [-0.15, -0.1) is 0 Å². The highest BCUT2D eigenvalue weighted by atomic mass is 35.5. The standard InChI is InChI=1S/C17H32ClN3/c1-7-14-16(18)15(21(10-4)20-14)11-17(8-2,9-3)12-19-13(5)6/h13,19H,7-12H2,1-6H3. The first-order valence-electron chi connectivity index (χ1n) is 8.40. The van der Waals surface area contributed by atoms with E-state index in [4.69, 9.17) is 11.6 Å². The van der Waals surface area contributed by atoms with Gasteiger partial charge in [-0.3, -0.25) is 4.68 Å². The minimum Gasteiger partial charge on any atom is -0.314 e. The summed E-state index contributed by atoms with van der Waals surface area (Å²) in [5, 5.41) is 9.16. The van der Waals surface area contributed by atoms with Crippen LogP contribution in [0.1, 0.15) is 65.8 Å². The van der Waals surface area contributed by atoms with E-state index in [1.807, 2.05) is 0 Å². The maximum atomic E-state index is 6.59. The van der Waals surface area contributed by atoms with Crippen LogP contribution in [0.15, 0.2) is 0 Å². The Morgan fingerprint density at radius 1 is 1.19 bits per heavy atom. The summed E-state index contributed by atoms with van der Waals surface area (Å²) < 4.78 is 2.09. The van der Waals surface area contributed by atoms with Gasteiger partial charge in [-0.2, -0.15) is 5.10 Å². The molecule has 0 aliphatic rings. The van der Waals surface area contributed by atoms with Crippen molar-refractivity contribution in [2.24, 2.45) is 5.41 Å². The van der Waals surface area contributed by atoms with Crippen LogP contribution in [0.25, 0.3) is 0 Å². The van der Waals surface area contributed by atoms with Crippen LogP contribution in [0, 0.1) is 5.41 Å². The van der Waals surface area contributed by atoms with E-state index in [0.29, 0.717) is 6.04 Å². The second-order valence-corrected chi connectivity index (χ2v) is 6.67. The van der Waals surface area contributed by atoms with Gasteiger partial charge in [-0.25, -0.2) is 0 Å². The van der Waals surface area contributed by atoms with Crippen LogP contribution in [0.4, 0.5) is 0 Å². The van der Waals surface area contributed by atoms with Crippen molar-refractivity contribution in [1.82, 2.24) is 15.1 Å². The maximum Gasteiger partial charge on any atom is 0.0850 e. The number of nitrogens with zero attached hydrogens (tertiary/aromatic N) is 2. The molecule has 0 amide bonds. The summed E-state index contributed by atoms with van der Waals surface area (Å²) in [5.74, 6) is 0. The number of hydrogen-bond acceptors (Lipinski definition) is 2. The Bertz CT molecular complexity index is 433. The van der Waals surface area contributed by atoms with Gasteiger partial charge in [0.1, 0.15) is 0 Å². The van der Waals surface area contributed by atoms with Crippen molar-refractivity contribution in [3.63, 3.8) is 0 Å². The molecule has 122 valence electrons. The second-order valence-electron chi connectivity index (χ2n) is 6.30. The molecule has 3 nitrogen and oxygen atoms in total. The smallest absolute Gasteiger partial charge is 0.0850 e. The molecular weight excluding hydrogens is 282 g/mol. The summed E-state index contributed by atoms with van der Waals surface area (Å²) in [4.78, 5) is 0. The minimum absolute atomic E-state index is 0.256. The van der Waals surface area contributed by atoms with Crippen LogP contribution in [0.5, 0.6) is 0 Å². The summed E-state index contributed by atoms with van der Waals surface area (Å²) in [6.07, 6.45) is 4.19. The maximum absolute atomic E-state index is 6.59. The monoisotopic (exact) mass is 313 g/mol. The zero-order chi connectivity index (χ0) is 16.0. The van der Waals surface area contributed by atoms with E-state index >= 15 is 0 Å². The third-order valence-corrected chi connectivity index (χ3v) is 5.06. The molecule has 0 unspecified atom stereocenters. The summed E-state index contributed by atoms with van der Waals surface area (Å²) in [6, 6.07) is 0.514. The van der Waals surface area contributed by atoms with E-state index in [0.717, 1.165) is 49.5 Å². The van der Waals surface area contributed by atoms with E-state index in [2.05, 4.69) is 56.6 Å². The number of halogens is 1. The van der Waals surface area contributed by atoms with Crippen molar-refractivity contribution in [3.8, 4) is 0 Å². The van der Waals surface area contributed by atoms with E-state index in [-0.39, 0.29) is 5.41 Å². The number of hydrogen-bond donors (Lipinski definition) is 1. The molecule has 0 atom stereocenters. The molecule has 4 heteroatoms. The van der Waals surface area contributed by atoms with Crippen LogP contribution in [0.2, 0.25) is 5.02 Å². The first-order valence-corrected chi connectivity index (χ1v) is 8.78. The molecule has 0 fully saturated rings. The van der Waals surface area contributed by atoms with Gasteiger partial charge >= 0.3 is 0 Å². The molecule has 0 saturated heterocycles. The average Bonchev–Trinajstić information content (AvgIpc) is 2.79. The van der Waals surface area contributed by atoms with Crippen molar-refractivity contribution in [2.45, 2.75) is 79.8 Å². The predicted octanol–water partition coefficient (Wildman–Crippen LogP) is 4.47. The number of rotatable bonds is 9. The lowest BCUT2D eigenvalue weighted by Crippen LogP contribution is -2.39. The molecule has 1 N–H and O–H groups in total. The van der Waals surface area contributed by atoms with Crippen molar-refractivity contribution >= 4 is 11.6 Å². The largest absolute Gasteiger partial charge is 0.314 e. The van der Waals surface area contributed by atoms with Gasteiger partial charge in [0.25, 0.3) is 0 Å². The molecule has 1 rings (SSSR count). The van der Waals surface area contributed by atoms with Crippen LogP contribution >= 0.6 is 11.6 Å². The summed E-state index contributed by atoms with van der Waals surface area (Å²) >= 11 is 6.59. The third-order valence-electron chi connectivity index (χ3n) is 4.62. The lowest BCUT2D eigenvalue weighted by molar-refractivity contribution is 0.234. The quantitative estimate of drug-likeness (QED) is 0.729.